The van der Waals surface area contributed by atoms with Crippen molar-refractivity contribution in [2.45, 2.75) is 32.9 Å². The van der Waals surface area contributed by atoms with Gasteiger partial charge in [0.25, 0.3) is 0 Å². The first-order valence-electron chi connectivity index (χ1n) is 8.02. The fraction of sp³-hybridized carbons (Fsp3) is 0.263. The number of nitrogens with zero attached hydrogens (tertiary/aromatic N) is 1. The van der Waals surface area contributed by atoms with E-state index in [1.165, 1.54) is 29.2 Å². The summed E-state index contributed by atoms with van der Waals surface area (Å²) < 4.78 is 43.2. The van der Waals surface area contributed by atoms with E-state index in [0.29, 0.717) is 11.1 Å². The van der Waals surface area contributed by atoms with Gasteiger partial charge in [-0.15, -0.1) is 0 Å². The topological polar surface area (TPSA) is 46.6 Å². The molecule has 0 aromatic heterocycles. The van der Waals surface area contributed by atoms with Gasteiger partial charge in [0.2, 0.25) is 5.91 Å². The van der Waals surface area contributed by atoms with Crippen LogP contribution in [0.15, 0.2) is 36.4 Å². The molecule has 0 unspecified atom stereocenters. The lowest BCUT2D eigenvalue weighted by atomic mass is 10.1. The van der Waals surface area contributed by atoms with Crippen molar-refractivity contribution in [3.63, 3.8) is 0 Å². The summed E-state index contributed by atoms with van der Waals surface area (Å²) in [6.45, 7) is -1.38. The summed E-state index contributed by atoms with van der Waals surface area (Å²) in [6, 6.07) is 8.47. The Balaban J connectivity index is 2.02. The molecule has 0 fully saturated rings. The first-order valence-corrected chi connectivity index (χ1v) is 8.02. The van der Waals surface area contributed by atoms with Crippen molar-refractivity contribution in [3.05, 3.63) is 58.9 Å². The maximum atomic E-state index is 13.8. The molecule has 26 heavy (non-hydrogen) atoms. The number of halogens is 3. The standard InChI is InChI=1S/C19H16F3NO3/c1-11-2-3-12(8-15(11)20)10-23-16-9-13(26-19(21)22)4-5-14(16)17(24)6-7-18(23)25/h2-5,8-9,19H,6-7,10H2,1H3. The van der Waals surface area contributed by atoms with E-state index in [0.717, 1.165) is 0 Å². The maximum Gasteiger partial charge on any atom is 0.387 e. The van der Waals surface area contributed by atoms with Crippen LogP contribution in [0, 0.1) is 12.7 Å². The number of anilines is 1. The van der Waals surface area contributed by atoms with E-state index in [1.807, 2.05) is 0 Å². The fourth-order valence-corrected chi connectivity index (χ4v) is 2.86. The number of carbonyl (C=O) groups is 2. The Morgan fingerprint density at radius 2 is 1.88 bits per heavy atom. The molecule has 2 aromatic carbocycles. The summed E-state index contributed by atoms with van der Waals surface area (Å²) in [5.41, 5.74) is 1.45. The van der Waals surface area contributed by atoms with Gasteiger partial charge in [-0.25, -0.2) is 4.39 Å². The van der Waals surface area contributed by atoms with Crippen LogP contribution >= 0.6 is 0 Å². The zero-order chi connectivity index (χ0) is 18.8. The Morgan fingerprint density at radius 3 is 2.58 bits per heavy atom. The average Bonchev–Trinajstić information content (AvgIpc) is 2.69. The summed E-state index contributed by atoms with van der Waals surface area (Å²) in [5.74, 6) is -1.15. The van der Waals surface area contributed by atoms with Gasteiger partial charge in [-0.1, -0.05) is 12.1 Å². The number of benzene rings is 2. The molecule has 0 atom stereocenters. The van der Waals surface area contributed by atoms with Crippen molar-refractivity contribution in [1.29, 1.82) is 0 Å². The van der Waals surface area contributed by atoms with E-state index in [2.05, 4.69) is 4.74 Å². The lowest BCUT2D eigenvalue weighted by Crippen LogP contribution is -2.29. The molecule has 2 aromatic rings. The van der Waals surface area contributed by atoms with E-state index >= 15 is 0 Å². The largest absolute Gasteiger partial charge is 0.435 e. The Hall–Kier alpha value is -2.83. The summed E-state index contributed by atoms with van der Waals surface area (Å²) >= 11 is 0. The molecule has 0 bridgehead atoms. The first kappa shape index (κ1) is 18.0. The molecule has 0 N–H and O–H groups in total. The molecule has 0 saturated heterocycles. The van der Waals surface area contributed by atoms with Gasteiger partial charge in [-0.05, 0) is 36.2 Å². The van der Waals surface area contributed by atoms with Crippen LogP contribution in [-0.2, 0) is 11.3 Å². The van der Waals surface area contributed by atoms with Gasteiger partial charge < -0.3 is 9.64 Å². The SMILES string of the molecule is Cc1ccc(CN2C(=O)CCC(=O)c3ccc(OC(F)F)cc32)cc1F. The molecule has 0 radical (unpaired) electrons. The van der Waals surface area contributed by atoms with Crippen LogP contribution in [0.1, 0.15) is 34.3 Å². The lowest BCUT2D eigenvalue weighted by Gasteiger charge is -2.23. The number of aryl methyl sites for hydroxylation is 1. The zero-order valence-electron chi connectivity index (χ0n) is 14.0. The van der Waals surface area contributed by atoms with Crippen LogP contribution in [0.5, 0.6) is 5.75 Å². The van der Waals surface area contributed by atoms with E-state index in [4.69, 9.17) is 0 Å². The normalized spacial score (nSPS) is 14.4. The number of rotatable bonds is 4. The highest BCUT2D eigenvalue weighted by molar-refractivity contribution is 6.10. The highest BCUT2D eigenvalue weighted by Gasteiger charge is 2.27. The third-order valence-electron chi connectivity index (χ3n) is 4.23. The third-order valence-corrected chi connectivity index (χ3v) is 4.23. The van der Waals surface area contributed by atoms with Gasteiger partial charge in [0.15, 0.2) is 5.78 Å². The molecule has 0 spiro atoms. The quantitative estimate of drug-likeness (QED) is 0.816. The number of carbonyl (C=O) groups excluding carboxylic acids is 2. The van der Waals surface area contributed by atoms with E-state index in [-0.39, 0.29) is 48.1 Å². The number of Topliss-reactive ketones (excluding diaryl/α,β-unsaturated/α-hetero) is 1. The maximum absolute atomic E-state index is 13.8. The number of fused-ring (bicyclic) bond motifs is 1. The van der Waals surface area contributed by atoms with Gasteiger partial charge in [-0.3, -0.25) is 9.59 Å². The number of ketones is 1. The molecule has 1 amide bonds. The van der Waals surface area contributed by atoms with Crippen LogP contribution in [0.25, 0.3) is 0 Å². The van der Waals surface area contributed by atoms with E-state index in [9.17, 15) is 22.8 Å². The second-order valence-corrected chi connectivity index (χ2v) is 6.04. The monoisotopic (exact) mass is 363 g/mol. The minimum absolute atomic E-state index is 0.00705. The smallest absolute Gasteiger partial charge is 0.387 e. The summed E-state index contributed by atoms with van der Waals surface area (Å²) in [5, 5.41) is 0. The Morgan fingerprint density at radius 1 is 1.12 bits per heavy atom. The number of amides is 1. The molecular formula is C19H16F3NO3. The number of ether oxygens (including phenoxy) is 1. The number of alkyl halides is 2. The molecule has 1 heterocycles. The highest BCUT2D eigenvalue weighted by Crippen LogP contribution is 2.32. The van der Waals surface area contributed by atoms with Crippen LogP contribution in [0.3, 0.4) is 0 Å². The second-order valence-electron chi connectivity index (χ2n) is 6.04. The lowest BCUT2D eigenvalue weighted by molar-refractivity contribution is -0.118. The van der Waals surface area contributed by atoms with Crippen LogP contribution in [0.4, 0.5) is 18.9 Å². The van der Waals surface area contributed by atoms with Crippen molar-refractivity contribution in [1.82, 2.24) is 0 Å². The Kier molecular flexibility index (Phi) is 4.97. The highest BCUT2D eigenvalue weighted by atomic mass is 19.3. The minimum atomic E-state index is -3.02. The van der Waals surface area contributed by atoms with Gasteiger partial charge in [0.05, 0.1) is 12.2 Å². The molecule has 1 aliphatic heterocycles. The summed E-state index contributed by atoms with van der Waals surface area (Å²) in [7, 11) is 0. The summed E-state index contributed by atoms with van der Waals surface area (Å²) in [4.78, 5) is 26.1. The molecular weight excluding hydrogens is 347 g/mol. The molecule has 4 nitrogen and oxygen atoms in total. The molecule has 3 rings (SSSR count). The molecule has 0 saturated carbocycles. The fourth-order valence-electron chi connectivity index (χ4n) is 2.86. The van der Waals surface area contributed by atoms with Gasteiger partial charge in [0, 0.05) is 24.5 Å². The van der Waals surface area contributed by atoms with Crippen molar-refractivity contribution in [2.24, 2.45) is 0 Å². The Bertz CT molecular complexity index is 867. The molecule has 7 heteroatoms. The van der Waals surface area contributed by atoms with Gasteiger partial charge >= 0.3 is 6.61 Å². The van der Waals surface area contributed by atoms with E-state index in [1.54, 1.807) is 19.1 Å². The Labute approximate surface area is 148 Å². The summed E-state index contributed by atoms with van der Waals surface area (Å²) in [6.07, 6.45) is 0.0204. The van der Waals surface area contributed by atoms with Crippen molar-refractivity contribution >= 4 is 17.4 Å². The molecule has 1 aliphatic rings. The first-order chi connectivity index (χ1) is 12.3. The number of hydrogen-bond donors (Lipinski definition) is 0. The van der Waals surface area contributed by atoms with Crippen LogP contribution < -0.4 is 9.64 Å². The van der Waals surface area contributed by atoms with Gasteiger partial charge in [0.1, 0.15) is 11.6 Å². The van der Waals surface area contributed by atoms with Crippen LogP contribution in [0.2, 0.25) is 0 Å². The predicted molar refractivity (Wildman–Crippen MR) is 89.0 cm³/mol. The second kappa shape index (κ2) is 7.19. The van der Waals surface area contributed by atoms with E-state index < -0.39 is 12.4 Å². The number of hydrogen-bond acceptors (Lipinski definition) is 3. The van der Waals surface area contributed by atoms with Crippen molar-refractivity contribution in [3.8, 4) is 5.75 Å². The average molecular weight is 363 g/mol. The molecule has 0 aliphatic carbocycles. The minimum Gasteiger partial charge on any atom is -0.435 e. The van der Waals surface area contributed by atoms with Crippen molar-refractivity contribution < 1.29 is 27.5 Å². The van der Waals surface area contributed by atoms with Crippen molar-refractivity contribution in [2.75, 3.05) is 4.90 Å². The molecule has 136 valence electrons. The van der Waals surface area contributed by atoms with Gasteiger partial charge in [-0.2, -0.15) is 8.78 Å². The zero-order valence-corrected chi connectivity index (χ0v) is 14.0. The van der Waals surface area contributed by atoms with Crippen LogP contribution in [-0.4, -0.2) is 18.3 Å². The predicted octanol–water partition coefficient (Wildman–Crippen LogP) is 4.25. The third kappa shape index (κ3) is 3.71.